The highest BCUT2D eigenvalue weighted by Gasteiger charge is 2.62. The number of alkyl halides is 3. The van der Waals surface area contributed by atoms with Gasteiger partial charge in [-0.3, -0.25) is 4.79 Å². The van der Waals surface area contributed by atoms with Crippen LogP contribution in [0.5, 0.6) is 0 Å². The number of hydrogen-bond acceptors (Lipinski definition) is 4. The molecule has 5 nitrogen and oxygen atoms in total. The second-order valence-corrected chi connectivity index (χ2v) is 10.2. The summed E-state index contributed by atoms with van der Waals surface area (Å²) in [7, 11) is 0. The van der Waals surface area contributed by atoms with Gasteiger partial charge in [-0.05, 0) is 34.9 Å². The number of ether oxygens (including phenoxy) is 1. The van der Waals surface area contributed by atoms with Gasteiger partial charge in [0.05, 0.1) is 35.5 Å². The molecule has 1 unspecified atom stereocenters. The fraction of sp³-hybridized carbons (Fsp3) is 0.417. The highest BCUT2D eigenvalue weighted by atomic mass is 35.5. The van der Waals surface area contributed by atoms with Gasteiger partial charge in [-0.1, -0.05) is 54.3 Å². The van der Waals surface area contributed by atoms with Crippen LogP contribution in [0.2, 0.25) is 10.0 Å². The van der Waals surface area contributed by atoms with Gasteiger partial charge in [-0.15, -0.1) is 0 Å². The monoisotopic (exact) mass is 530 g/mol. The minimum absolute atomic E-state index is 0.0474. The van der Waals surface area contributed by atoms with E-state index in [4.69, 9.17) is 32.8 Å². The fourth-order valence-corrected chi connectivity index (χ4v) is 5.32. The molecule has 35 heavy (non-hydrogen) atoms. The van der Waals surface area contributed by atoms with Crippen LogP contribution in [0, 0.1) is 11.7 Å². The molecule has 0 bridgehead atoms. The number of fused-ring (bicyclic) bond motifs is 2. The molecule has 1 atom stereocenters. The van der Waals surface area contributed by atoms with Crippen LogP contribution >= 0.6 is 23.2 Å². The number of carbonyl (C=O) groups excluding carboxylic acids is 1. The third-order valence-corrected chi connectivity index (χ3v) is 7.32. The molecular weight excluding hydrogens is 511 g/mol. The number of halogens is 6. The number of hydrogen-bond donors (Lipinski definition) is 0. The van der Waals surface area contributed by atoms with E-state index in [1.807, 2.05) is 13.8 Å². The quantitative estimate of drug-likeness (QED) is 0.364. The van der Waals surface area contributed by atoms with E-state index in [-0.39, 0.29) is 24.1 Å². The van der Waals surface area contributed by atoms with Crippen molar-refractivity contribution >= 4 is 34.8 Å². The van der Waals surface area contributed by atoms with Crippen molar-refractivity contribution in [2.75, 3.05) is 13.1 Å². The maximum absolute atomic E-state index is 14.3. The first-order valence-corrected chi connectivity index (χ1v) is 11.7. The summed E-state index contributed by atoms with van der Waals surface area (Å²) < 4.78 is 62.6. The van der Waals surface area contributed by atoms with Crippen molar-refractivity contribution in [2.45, 2.75) is 44.3 Å². The summed E-state index contributed by atoms with van der Waals surface area (Å²) in [5, 5.41) is 2.67. The summed E-state index contributed by atoms with van der Waals surface area (Å²) in [6.07, 6.45) is -5.53. The fourth-order valence-electron chi connectivity index (χ4n) is 4.83. The van der Waals surface area contributed by atoms with Crippen molar-refractivity contribution in [3.05, 3.63) is 68.4 Å². The molecule has 186 valence electrons. The minimum atomic E-state index is -4.88. The molecule has 1 saturated heterocycles. The number of oxime groups is 1. The molecule has 5 rings (SSSR count). The highest BCUT2D eigenvalue weighted by Crippen LogP contribution is 2.51. The molecule has 11 heteroatoms. The Hall–Kier alpha value is -2.36. The number of rotatable bonds is 3. The van der Waals surface area contributed by atoms with Gasteiger partial charge in [0.1, 0.15) is 5.60 Å². The SMILES string of the molecule is CC(C)C(=O)N1CC2(C1)OCc1cc(C3=NOC(c4cc(Cl)c(F)c(Cl)c4)(C(F)(F)F)C3)ccc12. The maximum atomic E-state index is 14.3. The average Bonchev–Trinajstić information content (AvgIpc) is 3.38. The van der Waals surface area contributed by atoms with E-state index in [1.165, 1.54) is 0 Å². The van der Waals surface area contributed by atoms with E-state index in [9.17, 15) is 22.4 Å². The molecule has 1 spiro atoms. The Morgan fingerprint density at radius 2 is 1.80 bits per heavy atom. The zero-order valence-corrected chi connectivity index (χ0v) is 20.2. The molecule has 1 amide bonds. The van der Waals surface area contributed by atoms with Crippen LogP contribution in [0.1, 0.15) is 42.5 Å². The normalized spacial score (nSPS) is 22.8. The Bertz CT molecular complexity index is 1230. The van der Waals surface area contributed by atoms with E-state index in [0.717, 1.165) is 23.3 Å². The van der Waals surface area contributed by atoms with Crippen LogP contribution in [0.25, 0.3) is 0 Å². The smallest absolute Gasteiger partial charge is 0.374 e. The van der Waals surface area contributed by atoms with Gasteiger partial charge in [0.15, 0.2) is 5.82 Å². The summed E-state index contributed by atoms with van der Waals surface area (Å²) in [5.74, 6) is -1.08. The standard InChI is InChI=1S/C24H20Cl2F4N2O3/c1-12(2)21(33)32-10-22(11-32)16-4-3-13(5-14(16)9-34-22)19-8-23(35-31-19,24(28,29)30)15-6-17(25)20(27)18(26)7-15/h3-7,12H,8-11H2,1-2H3. The van der Waals surface area contributed by atoms with E-state index in [1.54, 1.807) is 23.1 Å². The first-order valence-electron chi connectivity index (χ1n) is 10.9. The third kappa shape index (κ3) is 3.70. The van der Waals surface area contributed by atoms with Crippen LogP contribution in [0.15, 0.2) is 35.5 Å². The van der Waals surface area contributed by atoms with Gasteiger partial charge in [0.2, 0.25) is 5.91 Å². The molecule has 3 aliphatic rings. The molecule has 2 aromatic carbocycles. The lowest BCUT2D eigenvalue weighted by atomic mass is 9.82. The number of nitrogens with zero attached hydrogens (tertiary/aromatic N) is 2. The van der Waals surface area contributed by atoms with Crippen molar-refractivity contribution in [1.82, 2.24) is 4.90 Å². The van der Waals surface area contributed by atoms with Crippen molar-refractivity contribution in [1.29, 1.82) is 0 Å². The molecule has 0 saturated carbocycles. The number of benzene rings is 2. The van der Waals surface area contributed by atoms with Gasteiger partial charge in [-0.2, -0.15) is 13.2 Å². The summed E-state index contributed by atoms with van der Waals surface area (Å²) in [6.45, 7) is 4.81. The second-order valence-electron chi connectivity index (χ2n) is 9.39. The molecule has 0 N–H and O–H groups in total. The molecule has 2 aromatic rings. The Balaban J connectivity index is 1.42. The van der Waals surface area contributed by atoms with Gasteiger partial charge < -0.3 is 14.5 Å². The Labute approximate surface area is 208 Å². The largest absolute Gasteiger partial charge is 0.435 e. The number of likely N-dealkylation sites (tertiary alicyclic amines) is 1. The zero-order chi connectivity index (χ0) is 25.3. The topological polar surface area (TPSA) is 51.1 Å². The Morgan fingerprint density at radius 1 is 1.14 bits per heavy atom. The lowest BCUT2D eigenvalue weighted by Gasteiger charge is -2.48. The Morgan fingerprint density at radius 3 is 2.40 bits per heavy atom. The van der Waals surface area contributed by atoms with Crippen LogP contribution in [0.4, 0.5) is 17.6 Å². The molecule has 1 fully saturated rings. The molecule has 0 radical (unpaired) electrons. The van der Waals surface area contributed by atoms with E-state index < -0.39 is 45.2 Å². The molecule has 3 heterocycles. The van der Waals surface area contributed by atoms with Crippen LogP contribution in [-0.2, 0) is 32.2 Å². The highest BCUT2D eigenvalue weighted by molar-refractivity contribution is 6.35. The molecular formula is C24H20Cl2F4N2O3. The summed E-state index contributed by atoms with van der Waals surface area (Å²) >= 11 is 11.5. The second kappa shape index (κ2) is 8.08. The van der Waals surface area contributed by atoms with Crippen molar-refractivity contribution in [3.63, 3.8) is 0 Å². The van der Waals surface area contributed by atoms with Gasteiger partial charge in [-0.25, -0.2) is 4.39 Å². The summed E-state index contributed by atoms with van der Waals surface area (Å²) in [6, 6.07) is 6.92. The van der Waals surface area contributed by atoms with E-state index in [0.29, 0.717) is 18.7 Å². The van der Waals surface area contributed by atoms with Crippen LogP contribution < -0.4 is 0 Å². The average molecular weight is 531 g/mol. The molecule has 0 aliphatic carbocycles. The lowest BCUT2D eigenvalue weighted by molar-refractivity contribution is -0.275. The van der Waals surface area contributed by atoms with Crippen LogP contribution in [-0.4, -0.2) is 35.8 Å². The van der Waals surface area contributed by atoms with Crippen molar-refractivity contribution < 1.29 is 31.9 Å². The minimum Gasteiger partial charge on any atom is -0.374 e. The van der Waals surface area contributed by atoms with Gasteiger partial charge in [0.25, 0.3) is 5.60 Å². The predicted octanol–water partition coefficient (Wildman–Crippen LogP) is 5.94. The first kappa shape index (κ1) is 24.3. The lowest BCUT2D eigenvalue weighted by Crippen LogP contribution is -2.61. The van der Waals surface area contributed by atoms with E-state index in [2.05, 4.69) is 5.16 Å². The van der Waals surface area contributed by atoms with Crippen molar-refractivity contribution in [3.8, 4) is 0 Å². The third-order valence-electron chi connectivity index (χ3n) is 6.77. The number of carbonyl (C=O) groups is 1. The number of amides is 1. The molecule has 3 aliphatic heterocycles. The summed E-state index contributed by atoms with van der Waals surface area (Å²) in [4.78, 5) is 19.0. The van der Waals surface area contributed by atoms with Gasteiger partial charge >= 0.3 is 6.18 Å². The zero-order valence-electron chi connectivity index (χ0n) is 18.7. The van der Waals surface area contributed by atoms with Gasteiger partial charge in [0, 0.05) is 17.9 Å². The maximum Gasteiger partial charge on any atom is 0.435 e. The Kier molecular flexibility index (Phi) is 5.62. The van der Waals surface area contributed by atoms with E-state index >= 15 is 0 Å². The molecule has 0 aromatic heterocycles. The van der Waals surface area contributed by atoms with Crippen molar-refractivity contribution in [2.24, 2.45) is 11.1 Å². The first-order chi connectivity index (χ1) is 16.4. The van der Waals surface area contributed by atoms with Crippen LogP contribution in [0.3, 0.4) is 0 Å². The summed E-state index contributed by atoms with van der Waals surface area (Å²) in [5.41, 5.74) is -1.63. The predicted molar refractivity (Wildman–Crippen MR) is 121 cm³/mol.